The molecule has 100 valence electrons. The molecule has 1 atom stereocenters. The highest BCUT2D eigenvalue weighted by Gasteiger charge is 2.36. The molecule has 1 aromatic carbocycles. The van der Waals surface area contributed by atoms with Crippen LogP contribution >= 0.6 is 23.2 Å². The van der Waals surface area contributed by atoms with E-state index in [-0.39, 0.29) is 19.0 Å². The van der Waals surface area contributed by atoms with Gasteiger partial charge in [-0.2, -0.15) is 0 Å². The molecular weight excluding hydrogens is 275 g/mol. The molecular formula is C13H16Cl2O3. The molecule has 1 aromatic rings. The highest BCUT2D eigenvalue weighted by Crippen LogP contribution is 2.33. The molecule has 1 N–H and O–H groups in total. The standard InChI is InChI=1S/C13H16Cl2O3/c1-3-18-12(17)13(2,6-7-16)9-4-5-10(14)11(15)8-9/h4-5,8,16H,3,6-7H2,1-2H3. The summed E-state index contributed by atoms with van der Waals surface area (Å²) in [5.41, 5.74) is -0.233. The van der Waals surface area contributed by atoms with Gasteiger partial charge in [-0.15, -0.1) is 0 Å². The third-order valence-corrected chi connectivity index (χ3v) is 3.63. The molecule has 0 aromatic heterocycles. The molecule has 0 spiro atoms. The van der Waals surface area contributed by atoms with Gasteiger partial charge in [0.25, 0.3) is 0 Å². The summed E-state index contributed by atoms with van der Waals surface area (Å²) in [6, 6.07) is 4.99. The van der Waals surface area contributed by atoms with E-state index in [1.165, 1.54) is 0 Å². The zero-order valence-corrected chi connectivity index (χ0v) is 11.9. The van der Waals surface area contributed by atoms with Crippen molar-refractivity contribution in [3.8, 4) is 0 Å². The van der Waals surface area contributed by atoms with Crippen molar-refractivity contribution in [2.75, 3.05) is 13.2 Å². The zero-order valence-electron chi connectivity index (χ0n) is 10.4. The summed E-state index contributed by atoms with van der Waals surface area (Å²) in [5, 5.41) is 9.94. The lowest BCUT2D eigenvalue weighted by Gasteiger charge is -2.27. The van der Waals surface area contributed by atoms with E-state index in [4.69, 9.17) is 33.0 Å². The van der Waals surface area contributed by atoms with Crippen LogP contribution in [0.25, 0.3) is 0 Å². The summed E-state index contributed by atoms with van der Waals surface area (Å²) >= 11 is 11.8. The van der Waals surface area contributed by atoms with Crippen LogP contribution in [0.3, 0.4) is 0 Å². The van der Waals surface area contributed by atoms with Crippen LogP contribution in [0.5, 0.6) is 0 Å². The van der Waals surface area contributed by atoms with Crippen molar-refractivity contribution in [3.05, 3.63) is 33.8 Å². The second kappa shape index (κ2) is 6.41. The lowest BCUT2D eigenvalue weighted by atomic mass is 9.80. The van der Waals surface area contributed by atoms with Gasteiger partial charge in [0.2, 0.25) is 0 Å². The summed E-state index contributed by atoms with van der Waals surface area (Å²) in [4.78, 5) is 12.0. The summed E-state index contributed by atoms with van der Waals surface area (Å²) in [6.07, 6.45) is 0.268. The Morgan fingerprint density at radius 3 is 2.56 bits per heavy atom. The monoisotopic (exact) mass is 290 g/mol. The Morgan fingerprint density at radius 2 is 2.06 bits per heavy atom. The summed E-state index contributed by atoms with van der Waals surface area (Å²) in [6.45, 7) is 3.64. The number of hydrogen-bond donors (Lipinski definition) is 1. The van der Waals surface area contributed by atoms with Gasteiger partial charge in [0.1, 0.15) is 0 Å². The van der Waals surface area contributed by atoms with Gasteiger partial charge in [-0.25, -0.2) is 0 Å². The average Bonchev–Trinajstić information content (AvgIpc) is 2.33. The van der Waals surface area contributed by atoms with Crippen molar-refractivity contribution < 1.29 is 14.6 Å². The third-order valence-electron chi connectivity index (χ3n) is 2.89. The lowest BCUT2D eigenvalue weighted by Crippen LogP contribution is -2.35. The Morgan fingerprint density at radius 1 is 1.39 bits per heavy atom. The lowest BCUT2D eigenvalue weighted by molar-refractivity contribution is -0.150. The van der Waals surface area contributed by atoms with Crippen LogP contribution in [0.4, 0.5) is 0 Å². The Hall–Kier alpha value is -0.770. The Labute approximate surface area is 117 Å². The van der Waals surface area contributed by atoms with E-state index in [1.54, 1.807) is 32.0 Å². The number of carbonyl (C=O) groups excluding carboxylic acids is 1. The van der Waals surface area contributed by atoms with E-state index in [0.717, 1.165) is 0 Å². The molecule has 0 saturated carbocycles. The van der Waals surface area contributed by atoms with Gasteiger partial charge >= 0.3 is 5.97 Å². The summed E-state index contributed by atoms with van der Waals surface area (Å²) in [7, 11) is 0. The second-order valence-electron chi connectivity index (χ2n) is 4.16. The van der Waals surface area contributed by atoms with Gasteiger partial charge < -0.3 is 9.84 Å². The van der Waals surface area contributed by atoms with Gasteiger partial charge in [-0.3, -0.25) is 4.79 Å². The molecule has 0 aliphatic heterocycles. The SMILES string of the molecule is CCOC(=O)C(C)(CCO)c1ccc(Cl)c(Cl)c1. The minimum atomic E-state index is -0.918. The highest BCUT2D eigenvalue weighted by atomic mass is 35.5. The van der Waals surface area contributed by atoms with Gasteiger partial charge in [-0.05, 0) is 38.0 Å². The minimum Gasteiger partial charge on any atom is -0.465 e. The molecule has 0 aliphatic carbocycles. The molecule has 0 radical (unpaired) electrons. The molecule has 1 unspecified atom stereocenters. The highest BCUT2D eigenvalue weighted by molar-refractivity contribution is 6.42. The summed E-state index contributed by atoms with van der Waals surface area (Å²) in [5.74, 6) is -0.377. The average molecular weight is 291 g/mol. The Bertz CT molecular complexity index is 434. The number of aliphatic hydroxyl groups excluding tert-OH is 1. The molecule has 3 nitrogen and oxygen atoms in total. The fraction of sp³-hybridized carbons (Fsp3) is 0.462. The molecule has 0 heterocycles. The number of carbonyl (C=O) groups is 1. The maximum absolute atomic E-state index is 12.0. The molecule has 5 heteroatoms. The largest absolute Gasteiger partial charge is 0.465 e. The predicted molar refractivity (Wildman–Crippen MR) is 72.1 cm³/mol. The van der Waals surface area contributed by atoms with Crippen LogP contribution in [0.2, 0.25) is 10.0 Å². The van der Waals surface area contributed by atoms with Gasteiger partial charge in [0, 0.05) is 6.61 Å². The predicted octanol–water partition coefficient (Wildman–Crippen LogP) is 3.20. The fourth-order valence-corrected chi connectivity index (χ4v) is 2.02. The first-order chi connectivity index (χ1) is 8.45. The molecule has 0 fully saturated rings. The molecule has 0 aliphatic rings. The number of benzene rings is 1. The van der Waals surface area contributed by atoms with Crippen LogP contribution < -0.4 is 0 Å². The molecule has 1 rings (SSSR count). The summed E-state index contributed by atoms with van der Waals surface area (Å²) < 4.78 is 5.06. The minimum absolute atomic E-state index is 0.116. The molecule has 0 amide bonds. The Balaban J connectivity index is 3.17. The van der Waals surface area contributed by atoms with E-state index < -0.39 is 5.41 Å². The molecule has 0 bridgehead atoms. The fourth-order valence-electron chi connectivity index (χ4n) is 1.72. The van der Waals surface area contributed by atoms with Gasteiger partial charge in [0.15, 0.2) is 0 Å². The topological polar surface area (TPSA) is 46.5 Å². The van der Waals surface area contributed by atoms with Crippen molar-refractivity contribution >= 4 is 29.2 Å². The van der Waals surface area contributed by atoms with Gasteiger partial charge in [0.05, 0.1) is 22.1 Å². The number of hydrogen-bond acceptors (Lipinski definition) is 3. The number of esters is 1. The van der Waals surface area contributed by atoms with E-state index >= 15 is 0 Å². The molecule has 0 saturated heterocycles. The first-order valence-corrected chi connectivity index (χ1v) is 6.45. The van der Waals surface area contributed by atoms with Crippen molar-refractivity contribution in [2.24, 2.45) is 0 Å². The van der Waals surface area contributed by atoms with Crippen molar-refractivity contribution in [2.45, 2.75) is 25.7 Å². The van der Waals surface area contributed by atoms with Crippen LogP contribution in [0.1, 0.15) is 25.8 Å². The van der Waals surface area contributed by atoms with Crippen LogP contribution in [0.15, 0.2) is 18.2 Å². The van der Waals surface area contributed by atoms with Crippen LogP contribution in [-0.4, -0.2) is 24.3 Å². The van der Waals surface area contributed by atoms with Gasteiger partial charge in [-0.1, -0.05) is 29.3 Å². The third kappa shape index (κ3) is 3.16. The second-order valence-corrected chi connectivity index (χ2v) is 4.97. The quantitative estimate of drug-likeness (QED) is 0.847. The van der Waals surface area contributed by atoms with E-state index in [2.05, 4.69) is 0 Å². The normalized spacial score (nSPS) is 14.1. The van der Waals surface area contributed by atoms with E-state index in [1.807, 2.05) is 0 Å². The van der Waals surface area contributed by atoms with E-state index in [9.17, 15) is 4.79 Å². The Kier molecular flexibility index (Phi) is 5.45. The first kappa shape index (κ1) is 15.3. The van der Waals surface area contributed by atoms with Crippen molar-refractivity contribution in [3.63, 3.8) is 0 Å². The van der Waals surface area contributed by atoms with Crippen molar-refractivity contribution in [1.29, 1.82) is 0 Å². The van der Waals surface area contributed by atoms with Crippen molar-refractivity contribution in [1.82, 2.24) is 0 Å². The maximum Gasteiger partial charge on any atom is 0.316 e. The van der Waals surface area contributed by atoms with Crippen LogP contribution in [0, 0.1) is 0 Å². The number of aliphatic hydroxyl groups is 1. The maximum atomic E-state index is 12.0. The van der Waals surface area contributed by atoms with Crippen LogP contribution in [-0.2, 0) is 14.9 Å². The number of rotatable bonds is 5. The number of halogens is 2. The first-order valence-electron chi connectivity index (χ1n) is 5.69. The molecule has 18 heavy (non-hydrogen) atoms. The zero-order chi connectivity index (χ0) is 13.8. The van der Waals surface area contributed by atoms with E-state index in [0.29, 0.717) is 22.2 Å². The number of ether oxygens (including phenoxy) is 1. The smallest absolute Gasteiger partial charge is 0.316 e.